The fourth-order valence-corrected chi connectivity index (χ4v) is 2.03. The van der Waals surface area contributed by atoms with Gasteiger partial charge in [-0.25, -0.2) is 4.39 Å². The maximum absolute atomic E-state index is 13.2. The monoisotopic (exact) mass is 352 g/mol. The number of amides is 1. The molecule has 0 aromatic heterocycles. The number of halogens is 3. The molecule has 0 aliphatic rings. The minimum absolute atomic E-state index is 0.125. The number of hydrogen-bond donors (Lipinski definition) is 1. The maximum atomic E-state index is 13.2. The van der Waals surface area contributed by atoms with E-state index < -0.39 is 5.82 Å². The van der Waals surface area contributed by atoms with Gasteiger partial charge in [-0.3, -0.25) is 4.79 Å². The van der Waals surface area contributed by atoms with Crippen LogP contribution in [-0.2, 0) is 0 Å². The lowest BCUT2D eigenvalue weighted by atomic mass is 10.2. The zero-order valence-electron chi connectivity index (χ0n) is 9.95. The third kappa shape index (κ3) is 3.16. The summed E-state index contributed by atoms with van der Waals surface area (Å²) in [4.78, 5) is 12.0. The molecule has 0 saturated heterocycles. The minimum atomic E-state index is -0.625. The molecule has 0 fully saturated rings. The van der Waals surface area contributed by atoms with Gasteiger partial charge in [0.2, 0.25) is 0 Å². The second-order valence-electron chi connectivity index (χ2n) is 3.89. The summed E-state index contributed by atoms with van der Waals surface area (Å²) < 4.78 is 13.8. The average molecular weight is 354 g/mol. The molecule has 0 atom stereocenters. The van der Waals surface area contributed by atoms with Crippen LogP contribution < -0.4 is 5.32 Å². The Morgan fingerprint density at radius 3 is 2.70 bits per heavy atom. The highest BCUT2D eigenvalue weighted by Gasteiger charge is 2.10. The van der Waals surface area contributed by atoms with Crippen molar-refractivity contribution in [2.45, 2.75) is 0 Å². The maximum Gasteiger partial charge on any atom is 0.255 e. The summed E-state index contributed by atoms with van der Waals surface area (Å²) in [5.74, 6) is -1.00. The smallest absolute Gasteiger partial charge is 0.255 e. The van der Waals surface area contributed by atoms with Crippen molar-refractivity contribution < 1.29 is 9.18 Å². The summed E-state index contributed by atoms with van der Waals surface area (Å²) >= 11 is 9.07. The summed E-state index contributed by atoms with van der Waals surface area (Å²) in [6, 6.07) is 10.2. The van der Waals surface area contributed by atoms with E-state index in [0.717, 1.165) is 6.07 Å². The third-order valence-corrected chi connectivity index (χ3v) is 3.74. The molecule has 0 unspecified atom stereocenters. The van der Waals surface area contributed by atoms with Crippen molar-refractivity contribution in [1.29, 1.82) is 5.26 Å². The SMILES string of the molecule is N#Cc1cc(NC(=O)c2ccc(Cl)c(Br)c2)ccc1F. The number of benzene rings is 2. The van der Waals surface area contributed by atoms with Crippen molar-refractivity contribution in [3.8, 4) is 6.07 Å². The van der Waals surface area contributed by atoms with Gasteiger partial charge in [0, 0.05) is 15.7 Å². The topological polar surface area (TPSA) is 52.9 Å². The van der Waals surface area contributed by atoms with E-state index >= 15 is 0 Å². The van der Waals surface area contributed by atoms with E-state index in [1.54, 1.807) is 24.3 Å². The van der Waals surface area contributed by atoms with E-state index in [0.29, 0.717) is 20.7 Å². The first-order chi connectivity index (χ1) is 9.51. The van der Waals surface area contributed by atoms with Gasteiger partial charge in [-0.05, 0) is 52.3 Å². The number of rotatable bonds is 2. The summed E-state index contributed by atoms with van der Waals surface area (Å²) in [5, 5.41) is 11.8. The van der Waals surface area contributed by atoms with E-state index in [4.69, 9.17) is 16.9 Å². The van der Waals surface area contributed by atoms with Gasteiger partial charge >= 0.3 is 0 Å². The fourth-order valence-electron chi connectivity index (χ4n) is 1.53. The van der Waals surface area contributed by atoms with E-state index in [9.17, 15) is 9.18 Å². The number of carbonyl (C=O) groups is 1. The Morgan fingerprint density at radius 2 is 2.05 bits per heavy atom. The molecule has 0 bridgehead atoms. The van der Waals surface area contributed by atoms with Gasteiger partial charge in [0.05, 0.1) is 10.6 Å². The summed E-state index contributed by atoms with van der Waals surface area (Å²) in [6.07, 6.45) is 0. The number of carbonyl (C=O) groups excluding carboxylic acids is 1. The summed E-state index contributed by atoms with van der Waals surface area (Å²) in [5.41, 5.74) is 0.614. The van der Waals surface area contributed by atoms with Crippen LogP contribution in [0.15, 0.2) is 40.9 Å². The zero-order valence-corrected chi connectivity index (χ0v) is 12.3. The van der Waals surface area contributed by atoms with E-state index in [-0.39, 0.29) is 11.5 Å². The highest BCUT2D eigenvalue weighted by atomic mass is 79.9. The van der Waals surface area contributed by atoms with Crippen LogP contribution in [0.5, 0.6) is 0 Å². The normalized spacial score (nSPS) is 9.90. The van der Waals surface area contributed by atoms with Crippen molar-refractivity contribution >= 4 is 39.1 Å². The molecular formula is C14H7BrClFN2O. The Kier molecular flexibility index (Phi) is 4.38. The molecule has 0 spiro atoms. The molecule has 1 amide bonds. The highest BCUT2D eigenvalue weighted by molar-refractivity contribution is 9.10. The highest BCUT2D eigenvalue weighted by Crippen LogP contribution is 2.24. The molecule has 2 aromatic carbocycles. The second-order valence-corrected chi connectivity index (χ2v) is 5.15. The lowest BCUT2D eigenvalue weighted by Crippen LogP contribution is -2.12. The quantitative estimate of drug-likeness (QED) is 0.872. The predicted octanol–water partition coefficient (Wildman–Crippen LogP) is 4.37. The molecule has 0 aliphatic heterocycles. The van der Waals surface area contributed by atoms with Crippen molar-refractivity contribution in [2.24, 2.45) is 0 Å². The van der Waals surface area contributed by atoms with E-state index in [1.165, 1.54) is 12.1 Å². The molecule has 3 nitrogen and oxygen atoms in total. The van der Waals surface area contributed by atoms with E-state index in [2.05, 4.69) is 21.2 Å². The Bertz CT molecular complexity index is 728. The van der Waals surface area contributed by atoms with Crippen molar-refractivity contribution in [1.82, 2.24) is 0 Å². The second kappa shape index (κ2) is 6.04. The van der Waals surface area contributed by atoms with Crippen LogP contribution in [-0.4, -0.2) is 5.91 Å². The molecule has 0 saturated carbocycles. The number of hydrogen-bond acceptors (Lipinski definition) is 2. The predicted molar refractivity (Wildman–Crippen MR) is 78.2 cm³/mol. The number of nitriles is 1. The Morgan fingerprint density at radius 1 is 1.30 bits per heavy atom. The molecule has 100 valence electrons. The summed E-state index contributed by atoms with van der Waals surface area (Å²) in [6.45, 7) is 0. The van der Waals surface area contributed by atoms with Crippen LogP contribution in [0, 0.1) is 17.1 Å². The first kappa shape index (κ1) is 14.5. The third-order valence-electron chi connectivity index (χ3n) is 2.53. The molecule has 0 radical (unpaired) electrons. The number of nitrogens with one attached hydrogen (secondary N) is 1. The zero-order chi connectivity index (χ0) is 14.7. The van der Waals surface area contributed by atoms with Crippen LogP contribution in [0.25, 0.3) is 0 Å². The van der Waals surface area contributed by atoms with Crippen molar-refractivity contribution in [2.75, 3.05) is 5.32 Å². The minimum Gasteiger partial charge on any atom is -0.322 e. The van der Waals surface area contributed by atoms with Gasteiger partial charge in [0.15, 0.2) is 0 Å². The number of nitrogens with zero attached hydrogens (tertiary/aromatic N) is 1. The first-order valence-corrected chi connectivity index (χ1v) is 6.64. The van der Waals surface area contributed by atoms with Crippen LogP contribution in [0.4, 0.5) is 10.1 Å². The average Bonchev–Trinajstić information content (AvgIpc) is 2.43. The Hall–Kier alpha value is -1.90. The Labute approximate surface area is 128 Å². The Balaban J connectivity index is 2.23. The molecule has 20 heavy (non-hydrogen) atoms. The molecule has 2 rings (SSSR count). The molecule has 1 N–H and O–H groups in total. The standard InChI is InChI=1S/C14H7BrClFN2O/c15-11-6-8(1-3-12(11)16)14(20)19-10-2-4-13(17)9(5-10)7-18/h1-6H,(H,19,20). The molecule has 2 aromatic rings. The van der Waals surface area contributed by atoms with Gasteiger partial charge in [-0.2, -0.15) is 5.26 Å². The van der Waals surface area contributed by atoms with Crippen LogP contribution >= 0.6 is 27.5 Å². The van der Waals surface area contributed by atoms with Gasteiger partial charge in [-0.15, -0.1) is 0 Å². The van der Waals surface area contributed by atoms with Crippen molar-refractivity contribution in [3.05, 3.63) is 62.8 Å². The molecular weight excluding hydrogens is 347 g/mol. The summed E-state index contributed by atoms with van der Waals surface area (Å²) in [7, 11) is 0. The van der Waals surface area contributed by atoms with Crippen LogP contribution in [0.3, 0.4) is 0 Å². The number of anilines is 1. The molecule has 0 heterocycles. The van der Waals surface area contributed by atoms with Crippen LogP contribution in [0.1, 0.15) is 15.9 Å². The molecule has 0 aliphatic carbocycles. The first-order valence-electron chi connectivity index (χ1n) is 5.47. The van der Waals surface area contributed by atoms with Crippen molar-refractivity contribution in [3.63, 3.8) is 0 Å². The van der Waals surface area contributed by atoms with Gasteiger partial charge in [0.25, 0.3) is 5.91 Å². The fraction of sp³-hybridized carbons (Fsp3) is 0. The van der Waals surface area contributed by atoms with Gasteiger partial charge < -0.3 is 5.32 Å². The van der Waals surface area contributed by atoms with Gasteiger partial charge in [0.1, 0.15) is 11.9 Å². The lowest BCUT2D eigenvalue weighted by Gasteiger charge is -2.07. The van der Waals surface area contributed by atoms with E-state index in [1.807, 2.05) is 0 Å². The lowest BCUT2D eigenvalue weighted by molar-refractivity contribution is 0.102. The molecule has 6 heteroatoms. The largest absolute Gasteiger partial charge is 0.322 e. The van der Waals surface area contributed by atoms with Gasteiger partial charge in [-0.1, -0.05) is 11.6 Å². The van der Waals surface area contributed by atoms with Crippen LogP contribution in [0.2, 0.25) is 5.02 Å².